The van der Waals surface area contributed by atoms with E-state index in [4.69, 9.17) is 4.74 Å². The zero-order valence-electron chi connectivity index (χ0n) is 13.5. The van der Waals surface area contributed by atoms with Crippen molar-refractivity contribution in [2.75, 3.05) is 26.8 Å². The quantitative estimate of drug-likeness (QED) is 0.858. The monoisotopic (exact) mass is 337 g/mol. The van der Waals surface area contributed by atoms with Gasteiger partial charge in [-0.1, -0.05) is 6.42 Å². The van der Waals surface area contributed by atoms with Crippen LogP contribution >= 0.6 is 11.3 Å². The number of hydrogen-bond acceptors (Lipinski definition) is 4. The summed E-state index contributed by atoms with van der Waals surface area (Å²) in [6.07, 6.45) is 6.22. The molecule has 1 fully saturated rings. The number of amides is 1. The van der Waals surface area contributed by atoms with Crippen LogP contribution in [-0.2, 0) is 22.4 Å². The third kappa shape index (κ3) is 3.15. The van der Waals surface area contributed by atoms with Crippen molar-refractivity contribution < 1.29 is 19.4 Å². The highest BCUT2D eigenvalue weighted by atomic mass is 32.1. The number of carboxylic acids is 1. The van der Waals surface area contributed by atoms with Gasteiger partial charge in [-0.3, -0.25) is 9.59 Å². The maximum absolute atomic E-state index is 12.8. The van der Waals surface area contributed by atoms with Gasteiger partial charge in [-0.25, -0.2) is 0 Å². The molecule has 0 spiro atoms. The standard InChI is InChI=1S/C17H23NO4S/c1-22-11-17(16(20)21)7-8-18(10-17)15(19)14-9-12-5-3-2-4-6-13(12)23-14/h9H,2-8,10-11H2,1H3,(H,20,21). The summed E-state index contributed by atoms with van der Waals surface area (Å²) < 4.78 is 5.09. The lowest BCUT2D eigenvalue weighted by Gasteiger charge is -2.23. The van der Waals surface area contributed by atoms with Crippen molar-refractivity contribution in [2.45, 2.75) is 38.5 Å². The molecule has 0 saturated carbocycles. The smallest absolute Gasteiger partial charge is 0.313 e. The van der Waals surface area contributed by atoms with Crippen LogP contribution in [0, 0.1) is 5.41 Å². The Kier molecular flexibility index (Phi) is 4.73. The predicted octanol–water partition coefficient (Wildman–Crippen LogP) is 2.58. The molecule has 1 aliphatic carbocycles. The number of aliphatic carboxylic acids is 1. The van der Waals surface area contributed by atoms with Gasteiger partial charge in [0.1, 0.15) is 5.41 Å². The molecule has 1 amide bonds. The number of rotatable bonds is 4. The molecule has 23 heavy (non-hydrogen) atoms. The second-order valence-electron chi connectivity index (χ2n) is 6.61. The van der Waals surface area contributed by atoms with Gasteiger partial charge >= 0.3 is 5.97 Å². The van der Waals surface area contributed by atoms with Crippen LogP contribution in [0.15, 0.2) is 6.07 Å². The van der Waals surface area contributed by atoms with Crippen LogP contribution in [0.25, 0.3) is 0 Å². The van der Waals surface area contributed by atoms with E-state index in [-0.39, 0.29) is 19.1 Å². The van der Waals surface area contributed by atoms with Gasteiger partial charge in [-0.15, -0.1) is 11.3 Å². The molecule has 2 heterocycles. The van der Waals surface area contributed by atoms with Crippen molar-refractivity contribution in [3.63, 3.8) is 0 Å². The Bertz CT molecular complexity index is 588. The second-order valence-corrected chi connectivity index (χ2v) is 7.75. The number of aryl methyl sites for hydroxylation is 2. The highest BCUT2D eigenvalue weighted by Gasteiger charge is 2.46. The number of fused-ring (bicyclic) bond motifs is 1. The Morgan fingerprint density at radius 2 is 2.13 bits per heavy atom. The molecular weight excluding hydrogens is 314 g/mol. The van der Waals surface area contributed by atoms with E-state index in [0.29, 0.717) is 13.0 Å². The van der Waals surface area contributed by atoms with E-state index >= 15 is 0 Å². The van der Waals surface area contributed by atoms with Crippen LogP contribution in [0.4, 0.5) is 0 Å². The molecule has 1 aromatic heterocycles. The summed E-state index contributed by atoms with van der Waals surface area (Å²) in [5, 5.41) is 9.51. The van der Waals surface area contributed by atoms with Gasteiger partial charge in [-0.2, -0.15) is 0 Å². The van der Waals surface area contributed by atoms with Crippen molar-refractivity contribution in [1.82, 2.24) is 4.90 Å². The predicted molar refractivity (Wildman–Crippen MR) is 88.0 cm³/mol. The SMILES string of the molecule is COCC1(C(=O)O)CCN(C(=O)c2cc3c(s2)CCCCC3)C1. The minimum absolute atomic E-state index is 0.0256. The lowest BCUT2D eigenvalue weighted by molar-refractivity contribution is -0.151. The number of hydrogen-bond donors (Lipinski definition) is 1. The maximum atomic E-state index is 12.8. The zero-order chi connectivity index (χ0) is 16.4. The summed E-state index contributed by atoms with van der Waals surface area (Å²) in [5.41, 5.74) is 0.357. The normalized spacial score (nSPS) is 24.3. The third-order valence-electron chi connectivity index (χ3n) is 4.97. The first kappa shape index (κ1) is 16.5. The van der Waals surface area contributed by atoms with Gasteiger partial charge in [0.25, 0.3) is 5.91 Å². The molecule has 5 nitrogen and oxygen atoms in total. The maximum Gasteiger partial charge on any atom is 0.313 e. The first-order valence-corrected chi connectivity index (χ1v) is 9.00. The Hall–Kier alpha value is -1.40. The molecule has 1 saturated heterocycles. The molecule has 3 rings (SSSR count). The molecule has 1 aromatic rings. The molecule has 0 aromatic carbocycles. The molecule has 0 bridgehead atoms. The van der Waals surface area contributed by atoms with E-state index in [9.17, 15) is 14.7 Å². The van der Waals surface area contributed by atoms with Gasteiger partial charge in [0, 0.05) is 25.1 Å². The number of methoxy groups -OCH3 is 1. The summed E-state index contributed by atoms with van der Waals surface area (Å²) in [6, 6.07) is 2.03. The molecule has 126 valence electrons. The van der Waals surface area contributed by atoms with Gasteiger partial charge in [0.05, 0.1) is 11.5 Å². The minimum Gasteiger partial charge on any atom is -0.481 e. The van der Waals surface area contributed by atoms with Gasteiger partial charge in [0.2, 0.25) is 0 Å². The van der Waals surface area contributed by atoms with Crippen LogP contribution in [0.3, 0.4) is 0 Å². The van der Waals surface area contributed by atoms with E-state index in [0.717, 1.165) is 17.7 Å². The fourth-order valence-corrected chi connectivity index (χ4v) is 4.83. The van der Waals surface area contributed by atoms with Gasteiger partial charge < -0.3 is 14.7 Å². The summed E-state index contributed by atoms with van der Waals surface area (Å²) in [7, 11) is 1.51. The summed E-state index contributed by atoms with van der Waals surface area (Å²) >= 11 is 1.60. The first-order chi connectivity index (χ1) is 11.1. The number of nitrogens with zero attached hydrogens (tertiary/aromatic N) is 1. The highest BCUT2D eigenvalue weighted by Crippen LogP contribution is 2.34. The van der Waals surface area contributed by atoms with Gasteiger partial charge in [-0.05, 0) is 43.7 Å². The number of carbonyl (C=O) groups excluding carboxylic acids is 1. The molecule has 1 aliphatic heterocycles. The first-order valence-electron chi connectivity index (χ1n) is 8.19. The number of carbonyl (C=O) groups is 2. The van der Waals surface area contributed by atoms with E-state index in [1.54, 1.807) is 16.2 Å². The van der Waals surface area contributed by atoms with E-state index in [2.05, 4.69) is 0 Å². The Morgan fingerprint density at radius 3 is 2.87 bits per heavy atom. The molecule has 1 N–H and O–H groups in total. The molecule has 2 aliphatic rings. The number of likely N-dealkylation sites (tertiary alicyclic amines) is 1. The van der Waals surface area contributed by atoms with Crippen molar-refractivity contribution in [1.29, 1.82) is 0 Å². The van der Waals surface area contributed by atoms with Crippen molar-refractivity contribution in [3.8, 4) is 0 Å². The number of carboxylic acid groups (broad SMARTS) is 1. The largest absolute Gasteiger partial charge is 0.481 e. The topological polar surface area (TPSA) is 66.8 Å². The van der Waals surface area contributed by atoms with Gasteiger partial charge in [0.15, 0.2) is 0 Å². The zero-order valence-corrected chi connectivity index (χ0v) is 14.3. The van der Waals surface area contributed by atoms with Crippen molar-refractivity contribution >= 4 is 23.2 Å². The minimum atomic E-state index is -0.960. The fraction of sp³-hybridized carbons (Fsp3) is 0.647. The van der Waals surface area contributed by atoms with Crippen LogP contribution < -0.4 is 0 Å². The van der Waals surface area contributed by atoms with Crippen LogP contribution in [-0.4, -0.2) is 48.7 Å². The van der Waals surface area contributed by atoms with E-state index in [1.807, 2.05) is 6.07 Å². The average Bonchev–Trinajstić information content (AvgIpc) is 3.07. The molecule has 6 heteroatoms. The number of ether oxygens (including phenoxy) is 1. The number of thiophene rings is 1. The summed E-state index contributed by atoms with van der Waals surface area (Å²) in [4.78, 5) is 28.1. The molecular formula is C17H23NO4S. The van der Waals surface area contributed by atoms with Crippen LogP contribution in [0.2, 0.25) is 0 Å². The van der Waals surface area contributed by atoms with Crippen molar-refractivity contribution in [2.24, 2.45) is 5.41 Å². The average molecular weight is 337 g/mol. The molecule has 1 unspecified atom stereocenters. The van der Waals surface area contributed by atoms with E-state index in [1.165, 1.54) is 36.8 Å². The van der Waals surface area contributed by atoms with Crippen LogP contribution in [0.5, 0.6) is 0 Å². The van der Waals surface area contributed by atoms with Crippen molar-refractivity contribution in [3.05, 3.63) is 21.4 Å². The molecule has 1 atom stereocenters. The Labute approximate surface area is 140 Å². The summed E-state index contributed by atoms with van der Waals surface area (Å²) in [6.45, 7) is 0.863. The molecule has 0 radical (unpaired) electrons. The lowest BCUT2D eigenvalue weighted by Crippen LogP contribution is -2.40. The Balaban J connectivity index is 1.75. The van der Waals surface area contributed by atoms with Crippen LogP contribution in [0.1, 0.15) is 45.8 Å². The lowest BCUT2D eigenvalue weighted by atomic mass is 9.88. The fourth-order valence-electron chi connectivity index (χ4n) is 3.60. The second kappa shape index (κ2) is 6.61. The highest BCUT2D eigenvalue weighted by molar-refractivity contribution is 7.14. The third-order valence-corrected chi connectivity index (χ3v) is 6.20. The summed E-state index contributed by atoms with van der Waals surface area (Å²) in [5.74, 6) is -0.904. The Morgan fingerprint density at radius 1 is 1.35 bits per heavy atom. The van der Waals surface area contributed by atoms with E-state index < -0.39 is 11.4 Å².